The largest absolute Gasteiger partial charge is 0.467 e. The van der Waals surface area contributed by atoms with Gasteiger partial charge in [-0.05, 0) is 48.2 Å². The minimum atomic E-state index is -0.843. The highest BCUT2D eigenvalue weighted by Gasteiger charge is 2.32. The maximum absolute atomic E-state index is 13.8. The number of nitrogens with one attached hydrogen (secondary N) is 1. The van der Waals surface area contributed by atoms with Crippen LogP contribution in [0.4, 0.5) is 0 Å². The third kappa shape index (κ3) is 5.21. The fourth-order valence-electron chi connectivity index (χ4n) is 4.05. The molecule has 5 aromatic rings. The molecule has 3 heterocycles. The Balaban J connectivity index is 1.49. The molecule has 1 unspecified atom stereocenters. The van der Waals surface area contributed by atoms with E-state index in [4.69, 9.17) is 4.42 Å². The normalized spacial score (nSPS) is 11.9. The van der Waals surface area contributed by atoms with Crippen molar-refractivity contribution in [2.45, 2.75) is 32.6 Å². The summed E-state index contributed by atoms with van der Waals surface area (Å²) in [7, 11) is 0. The van der Waals surface area contributed by atoms with E-state index in [1.54, 1.807) is 39.3 Å². The Hall–Kier alpha value is -4.24. The summed E-state index contributed by atoms with van der Waals surface area (Å²) in [4.78, 5) is 30.1. The number of hydrogen-bond acceptors (Lipinski definition) is 6. The molecule has 0 saturated carbocycles. The summed E-state index contributed by atoms with van der Waals surface area (Å²) < 4.78 is 6.95. The van der Waals surface area contributed by atoms with Crippen LogP contribution in [0, 0.1) is 6.92 Å². The van der Waals surface area contributed by atoms with Crippen molar-refractivity contribution in [2.24, 2.45) is 0 Å². The van der Waals surface area contributed by atoms with Gasteiger partial charge in [-0.1, -0.05) is 53.2 Å². The fourth-order valence-corrected chi connectivity index (χ4v) is 4.76. The van der Waals surface area contributed by atoms with Crippen LogP contribution in [0.3, 0.4) is 0 Å². The molecule has 182 valence electrons. The molecule has 0 radical (unpaired) electrons. The van der Waals surface area contributed by atoms with Crippen molar-refractivity contribution in [3.05, 3.63) is 106 Å². The first-order chi connectivity index (χ1) is 17.6. The zero-order chi connectivity index (χ0) is 24.9. The van der Waals surface area contributed by atoms with E-state index in [-0.39, 0.29) is 31.4 Å². The first kappa shape index (κ1) is 23.5. The first-order valence-corrected chi connectivity index (χ1v) is 12.4. The Labute approximate surface area is 212 Å². The van der Waals surface area contributed by atoms with Crippen molar-refractivity contribution < 1.29 is 14.0 Å². The smallest absolute Gasteiger partial charge is 0.247 e. The second-order valence-electron chi connectivity index (χ2n) is 8.45. The second-order valence-corrected chi connectivity index (χ2v) is 9.48. The Kier molecular flexibility index (Phi) is 6.90. The Morgan fingerprint density at radius 2 is 1.89 bits per heavy atom. The molecule has 0 aliphatic heterocycles. The molecule has 1 N–H and O–H groups in total. The van der Waals surface area contributed by atoms with Crippen molar-refractivity contribution in [1.82, 2.24) is 25.2 Å². The molecule has 0 aliphatic rings. The molecule has 8 nitrogen and oxygen atoms in total. The lowest BCUT2D eigenvalue weighted by molar-refractivity contribution is -0.142. The predicted molar refractivity (Wildman–Crippen MR) is 137 cm³/mol. The number of nitrogens with zero attached hydrogens (tertiary/aromatic N) is 4. The quantitative estimate of drug-likeness (QED) is 0.323. The van der Waals surface area contributed by atoms with Crippen LogP contribution in [0.5, 0.6) is 0 Å². The lowest BCUT2D eigenvalue weighted by Gasteiger charge is -2.31. The van der Waals surface area contributed by atoms with Gasteiger partial charge in [-0.25, -0.2) is 4.68 Å². The number of carbonyl (C=O) groups excluding carboxylic acids is 2. The van der Waals surface area contributed by atoms with Gasteiger partial charge in [0.2, 0.25) is 11.8 Å². The molecule has 0 spiro atoms. The van der Waals surface area contributed by atoms with E-state index < -0.39 is 6.04 Å². The fraction of sp³-hybridized carbons (Fsp3) is 0.185. The van der Waals surface area contributed by atoms with Crippen molar-refractivity contribution in [1.29, 1.82) is 0 Å². The Morgan fingerprint density at radius 1 is 1.06 bits per heavy atom. The molecule has 3 aromatic heterocycles. The zero-order valence-corrected chi connectivity index (χ0v) is 20.5. The number of para-hydroxylation sites is 1. The molecule has 0 saturated heterocycles. The summed E-state index contributed by atoms with van der Waals surface area (Å²) in [6, 6.07) is 21.8. The third-order valence-corrected chi connectivity index (χ3v) is 6.76. The molecular weight excluding hydrogens is 474 g/mol. The monoisotopic (exact) mass is 499 g/mol. The number of amides is 2. The van der Waals surface area contributed by atoms with Gasteiger partial charge in [-0.15, -0.1) is 16.4 Å². The van der Waals surface area contributed by atoms with Crippen LogP contribution >= 0.6 is 11.3 Å². The number of aromatic nitrogens is 3. The van der Waals surface area contributed by atoms with Gasteiger partial charge in [-0.3, -0.25) is 9.59 Å². The van der Waals surface area contributed by atoms with Crippen molar-refractivity contribution in [3.8, 4) is 0 Å². The van der Waals surface area contributed by atoms with E-state index in [0.29, 0.717) is 11.3 Å². The average Bonchev–Trinajstić information content (AvgIpc) is 3.67. The van der Waals surface area contributed by atoms with Gasteiger partial charge < -0.3 is 14.6 Å². The first-order valence-electron chi connectivity index (χ1n) is 11.6. The number of hydrogen-bond donors (Lipinski definition) is 1. The Bertz CT molecular complexity index is 1440. The van der Waals surface area contributed by atoms with Gasteiger partial charge in [0, 0.05) is 4.88 Å². The molecule has 0 fully saturated rings. The van der Waals surface area contributed by atoms with Crippen LogP contribution in [-0.4, -0.2) is 31.7 Å². The molecular formula is C27H25N5O3S. The maximum Gasteiger partial charge on any atom is 0.247 e. The van der Waals surface area contributed by atoms with Gasteiger partial charge in [0.25, 0.3) is 0 Å². The molecule has 9 heteroatoms. The van der Waals surface area contributed by atoms with Crippen molar-refractivity contribution >= 4 is 34.2 Å². The number of fused-ring (bicyclic) bond motifs is 1. The standard InChI is InChI=1S/C27H25N5O3S/c1-19-10-12-20(13-11-19)26(27(34)28-16-21-6-4-14-35-21)31(17-22-7-5-15-36-22)25(33)18-32-24-9-3-2-8-23(24)29-30-32/h2-15,26H,16-18H2,1H3,(H,28,34). The minimum absolute atomic E-state index is 0.0420. The van der Waals surface area contributed by atoms with Crippen LogP contribution in [0.25, 0.3) is 11.0 Å². The van der Waals surface area contributed by atoms with Gasteiger partial charge in [0.15, 0.2) is 0 Å². The molecule has 0 bridgehead atoms. The van der Waals surface area contributed by atoms with Crippen LogP contribution in [0.15, 0.2) is 88.9 Å². The topological polar surface area (TPSA) is 93.3 Å². The number of furan rings is 1. The van der Waals surface area contributed by atoms with E-state index in [0.717, 1.165) is 21.5 Å². The lowest BCUT2D eigenvalue weighted by Crippen LogP contribution is -2.44. The number of rotatable bonds is 9. The van der Waals surface area contributed by atoms with E-state index in [1.165, 1.54) is 0 Å². The predicted octanol–water partition coefficient (Wildman–Crippen LogP) is 4.48. The van der Waals surface area contributed by atoms with E-state index in [1.807, 2.05) is 73.0 Å². The third-order valence-electron chi connectivity index (χ3n) is 5.90. The summed E-state index contributed by atoms with van der Waals surface area (Å²) in [5, 5.41) is 13.3. The van der Waals surface area contributed by atoms with Crippen molar-refractivity contribution in [3.63, 3.8) is 0 Å². The van der Waals surface area contributed by atoms with Gasteiger partial charge in [0.1, 0.15) is 23.9 Å². The van der Waals surface area contributed by atoms with E-state index in [2.05, 4.69) is 15.6 Å². The van der Waals surface area contributed by atoms with E-state index in [9.17, 15) is 9.59 Å². The number of carbonyl (C=O) groups is 2. The van der Waals surface area contributed by atoms with Gasteiger partial charge in [-0.2, -0.15) is 0 Å². The maximum atomic E-state index is 13.8. The van der Waals surface area contributed by atoms with Crippen molar-refractivity contribution in [2.75, 3.05) is 0 Å². The summed E-state index contributed by atoms with van der Waals surface area (Å²) >= 11 is 1.54. The molecule has 5 rings (SSSR count). The average molecular weight is 500 g/mol. The van der Waals surface area contributed by atoms with Crippen LogP contribution < -0.4 is 5.32 Å². The lowest BCUT2D eigenvalue weighted by atomic mass is 10.0. The SMILES string of the molecule is Cc1ccc(C(C(=O)NCc2ccco2)N(Cc2cccs2)C(=O)Cn2nnc3ccccc32)cc1. The minimum Gasteiger partial charge on any atom is -0.467 e. The summed E-state index contributed by atoms with van der Waals surface area (Å²) in [5.41, 5.74) is 3.27. The highest BCUT2D eigenvalue weighted by atomic mass is 32.1. The summed E-state index contributed by atoms with van der Waals surface area (Å²) in [6.45, 7) is 2.46. The van der Waals surface area contributed by atoms with Gasteiger partial charge in [0.05, 0.1) is 24.9 Å². The number of benzene rings is 2. The van der Waals surface area contributed by atoms with Crippen LogP contribution in [0.1, 0.15) is 27.8 Å². The summed E-state index contributed by atoms with van der Waals surface area (Å²) in [6.07, 6.45) is 1.56. The molecule has 1 atom stereocenters. The second kappa shape index (κ2) is 10.6. The molecule has 2 aromatic carbocycles. The molecule has 2 amide bonds. The van der Waals surface area contributed by atoms with E-state index >= 15 is 0 Å². The molecule has 0 aliphatic carbocycles. The number of aryl methyl sites for hydroxylation is 1. The molecule has 36 heavy (non-hydrogen) atoms. The highest BCUT2D eigenvalue weighted by Crippen LogP contribution is 2.26. The van der Waals surface area contributed by atoms with Crippen LogP contribution in [0.2, 0.25) is 0 Å². The highest BCUT2D eigenvalue weighted by molar-refractivity contribution is 7.09. The van der Waals surface area contributed by atoms with Gasteiger partial charge >= 0.3 is 0 Å². The number of thiophene rings is 1. The summed E-state index contributed by atoms with van der Waals surface area (Å²) in [5.74, 6) is 0.109. The zero-order valence-electron chi connectivity index (χ0n) is 19.7. The Morgan fingerprint density at radius 3 is 2.64 bits per heavy atom. The van der Waals surface area contributed by atoms with Crippen LogP contribution in [-0.2, 0) is 29.2 Å².